The third-order valence-corrected chi connectivity index (χ3v) is 4.60. The lowest BCUT2D eigenvalue weighted by Gasteiger charge is -2.59. The second-order valence-electron chi connectivity index (χ2n) is 6.31. The maximum absolute atomic E-state index is 11.2. The molecule has 0 aromatic carbocycles. The maximum atomic E-state index is 11.2. The predicted octanol–water partition coefficient (Wildman–Crippen LogP) is -3.16. The number of hydrogen-bond acceptors (Lipinski definition) is 9. The van der Waals surface area contributed by atoms with Crippen LogP contribution in [0.25, 0.3) is 0 Å². The van der Waals surface area contributed by atoms with Gasteiger partial charge in [0.2, 0.25) is 0 Å². The predicted molar refractivity (Wildman–Crippen MR) is 79.6 cm³/mol. The molecule has 1 aliphatic heterocycles. The van der Waals surface area contributed by atoms with Crippen molar-refractivity contribution in [3.8, 4) is 0 Å². The van der Waals surface area contributed by atoms with Crippen molar-refractivity contribution in [2.45, 2.75) is 54.7 Å². The normalized spacial score (nSPS) is 36.1. The van der Waals surface area contributed by atoms with Gasteiger partial charge in [0, 0.05) is 0 Å². The highest BCUT2D eigenvalue weighted by Gasteiger charge is 2.73. The third-order valence-electron chi connectivity index (χ3n) is 4.60. The first-order valence-corrected chi connectivity index (χ1v) is 7.54. The number of aliphatic carboxylic acids is 4. The zero-order valence-corrected chi connectivity index (χ0v) is 13.8. The second-order valence-corrected chi connectivity index (χ2v) is 6.31. The van der Waals surface area contributed by atoms with Crippen LogP contribution in [0.1, 0.15) is 25.7 Å². The Morgan fingerprint density at radius 1 is 0.704 bits per heavy atom. The molecule has 13 heteroatoms. The third kappa shape index (κ3) is 4.01. The Hall–Kier alpha value is -2.32. The molecule has 0 amide bonds. The minimum absolute atomic E-state index is 1.13. The molecule has 1 unspecified atom stereocenters. The first-order chi connectivity index (χ1) is 12.2. The largest absolute Gasteiger partial charge is 0.481 e. The number of carbonyl (C=O) groups is 4. The maximum Gasteiger partial charge on any atom is 0.306 e. The van der Waals surface area contributed by atoms with Gasteiger partial charge in [-0.15, -0.1) is 0 Å². The Labute approximate surface area is 151 Å². The molecule has 0 aromatic rings. The van der Waals surface area contributed by atoms with Gasteiger partial charge in [-0.2, -0.15) is 0 Å². The molecule has 1 heterocycles. The first-order valence-electron chi connectivity index (χ1n) is 7.54. The molecule has 13 nitrogen and oxygen atoms in total. The van der Waals surface area contributed by atoms with Crippen molar-refractivity contribution < 1.29 is 64.8 Å². The van der Waals surface area contributed by atoms with Crippen molar-refractivity contribution in [1.82, 2.24) is 0 Å². The molecule has 0 aliphatic carbocycles. The molecular formula is C14H20O13. The highest BCUT2D eigenvalue weighted by molar-refractivity contribution is 5.74. The van der Waals surface area contributed by atoms with Gasteiger partial charge in [0.1, 0.15) is 29.0 Å². The molecule has 8 N–H and O–H groups in total. The van der Waals surface area contributed by atoms with Gasteiger partial charge in [-0.1, -0.05) is 0 Å². The van der Waals surface area contributed by atoms with Gasteiger partial charge < -0.3 is 45.6 Å². The van der Waals surface area contributed by atoms with Gasteiger partial charge in [0.05, 0.1) is 32.3 Å². The molecule has 0 bridgehead atoms. The monoisotopic (exact) mass is 396 g/mol. The molecule has 1 aliphatic rings. The van der Waals surface area contributed by atoms with Gasteiger partial charge >= 0.3 is 23.9 Å². The van der Waals surface area contributed by atoms with E-state index in [0.29, 0.717) is 0 Å². The van der Waals surface area contributed by atoms with Crippen LogP contribution in [-0.4, -0.2) is 100 Å². The number of ether oxygens (including phenoxy) is 1. The summed E-state index contributed by atoms with van der Waals surface area (Å²) < 4.78 is 5.05. The van der Waals surface area contributed by atoms with Crippen LogP contribution in [0.3, 0.4) is 0 Å². The topological polar surface area (TPSA) is 239 Å². The van der Waals surface area contributed by atoms with Gasteiger partial charge in [-0.25, -0.2) is 0 Å². The lowest BCUT2D eigenvalue weighted by atomic mass is 9.59. The van der Waals surface area contributed by atoms with Crippen molar-refractivity contribution in [3.05, 3.63) is 0 Å². The van der Waals surface area contributed by atoms with Crippen LogP contribution in [0, 0.1) is 0 Å². The van der Waals surface area contributed by atoms with Crippen molar-refractivity contribution in [2.75, 3.05) is 6.61 Å². The van der Waals surface area contributed by atoms with Crippen molar-refractivity contribution >= 4 is 23.9 Å². The van der Waals surface area contributed by atoms with Crippen LogP contribution in [0.2, 0.25) is 0 Å². The molecule has 5 atom stereocenters. The molecule has 154 valence electrons. The standard InChI is InChI=1S/C14H20O13/c15-5-7-13(25,3-10(20)21)14(26,4-11(22)23)12(24,2-9(18)19)6(27-7)1-8(16)17/h6-7,15,24-26H,1-5H2,(H,16,17)(H,18,19)(H,20,21)(H,22,23)/t6?,7-,12+,13-,14-/m1/s1. The molecular weight excluding hydrogens is 376 g/mol. The second kappa shape index (κ2) is 7.74. The fourth-order valence-electron chi connectivity index (χ4n) is 3.41. The molecule has 0 aromatic heterocycles. The van der Waals surface area contributed by atoms with Gasteiger partial charge in [-0.3, -0.25) is 19.2 Å². The summed E-state index contributed by atoms with van der Waals surface area (Å²) in [5.74, 6) is -7.11. The van der Waals surface area contributed by atoms with Gasteiger partial charge in [0.15, 0.2) is 0 Å². The summed E-state index contributed by atoms with van der Waals surface area (Å²) in [5, 5.41) is 78.2. The molecule has 1 saturated heterocycles. The van der Waals surface area contributed by atoms with E-state index in [0.717, 1.165) is 0 Å². The van der Waals surface area contributed by atoms with E-state index in [1.165, 1.54) is 0 Å². The lowest BCUT2D eigenvalue weighted by molar-refractivity contribution is -0.359. The fraction of sp³-hybridized carbons (Fsp3) is 0.714. The number of aliphatic hydroxyl groups excluding tert-OH is 1. The van der Waals surface area contributed by atoms with Crippen LogP contribution >= 0.6 is 0 Å². The SMILES string of the molecule is O=C(O)CC1O[C@H](CO)[C@](O)(CC(=O)O)[C@@](O)(CC(=O)O)[C@]1(O)CC(=O)O. The summed E-state index contributed by atoms with van der Waals surface area (Å²) in [7, 11) is 0. The van der Waals surface area contributed by atoms with Crippen LogP contribution in [-0.2, 0) is 23.9 Å². The van der Waals surface area contributed by atoms with Gasteiger partial charge in [0.25, 0.3) is 0 Å². The average Bonchev–Trinajstić information content (AvgIpc) is 2.46. The number of carboxylic acid groups (broad SMARTS) is 4. The smallest absolute Gasteiger partial charge is 0.306 e. The number of aliphatic hydroxyl groups is 4. The van der Waals surface area contributed by atoms with Crippen molar-refractivity contribution in [2.24, 2.45) is 0 Å². The van der Waals surface area contributed by atoms with E-state index in [2.05, 4.69) is 0 Å². The van der Waals surface area contributed by atoms with Crippen LogP contribution in [0.5, 0.6) is 0 Å². The van der Waals surface area contributed by atoms with E-state index in [9.17, 15) is 39.6 Å². The summed E-state index contributed by atoms with van der Waals surface area (Å²) in [6.07, 6.45) is -9.72. The van der Waals surface area contributed by atoms with E-state index in [1.54, 1.807) is 0 Å². The summed E-state index contributed by atoms with van der Waals surface area (Å²) in [6, 6.07) is 0. The molecule has 0 saturated carbocycles. The molecule has 0 radical (unpaired) electrons. The molecule has 1 rings (SSSR count). The highest BCUT2D eigenvalue weighted by Crippen LogP contribution is 2.50. The van der Waals surface area contributed by atoms with E-state index in [4.69, 9.17) is 25.2 Å². The number of hydrogen-bond donors (Lipinski definition) is 8. The summed E-state index contributed by atoms with van der Waals surface area (Å²) in [5.41, 5.74) is -9.77. The molecule has 27 heavy (non-hydrogen) atoms. The van der Waals surface area contributed by atoms with E-state index in [1.807, 2.05) is 0 Å². The Kier molecular flexibility index (Phi) is 6.51. The minimum Gasteiger partial charge on any atom is -0.481 e. The molecule has 1 fully saturated rings. The number of carboxylic acids is 4. The van der Waals surface area contributed by atoms with E-state index in [-0.39, 0.29) is 0 Å². The van der Waals surface area contributed by atoms with Crippen LogP contribution in [0.15, 0.2) is 0 Å². The lowest BCUT2D eigenvalue weighted by Crippen LogP contribution is -2.81. The van der Waals surface area contributed by atoms with Crippen LogP contribution < -0.4 is 0 Å². The summed E-state index contributed by atoms with van der Waals surface area (Å²) in [4.78, 5) is 44.6. The van der Waals surface area contributed by atoms with Crippen LogP contribution in [0.4, 0.5) is 0 Å². The van der Waals surface area contributed by atoms with E-state index < -0.39 is 85.2 Å². The zero-order valence-electron chi connectivity index (χ0n) is 13.8. The Bertz CT molecular complexity index is 633. The molecule has 0 spiro atoms. The van der Waals surface area contributed by atoms with Crippen molar-refractivity contribution in [1.29, 1.82) is 0 Å². The highest BCUT2D eigenvalue weighted by atomic mass is 16.6. The Morgan fingerprint density at radius 3 is 1.44 bits per heavy atom. The van der Waals surface area contributed by atoms with Crippen molar-refractivity contribution in [3.63, 3.8) is 0 Å². The summed E-state index contributed by atoms with van der Waals surface area (Å²) in [6.45, 7) is -1.19. The Balaban J connectivity index is 3.74. The summed E-state index contributed by atoms with van der Waals surface area (Å²) >= 11 is 0. The Morgan fingerprint density at radius 2 is 1.11 bits per heavy atom. The first kappa shape index (κ1) is 22.7. The zero-order chi connectivity index (χ0) is 21.2. The number of rotatable bonds is 9. The fourth-order valence-corrected chi connectivity index (χ4v) is 3.41. The van der Waals surface area contributed by atoms with Gasteiger partial charge in [-0.05, 0) is 0 Å². The average molecular weight is 396 g/mol. The van der Waals surface area contributed by atoms with E-state index >= 15 is 0 Å². The quantitative estimate of drug-likeness (QED) is 0.192. The minimum atomic E-state index is -3.39.